The van der Waals surface area contributed by atoms with Gasteiger partial charge in [-0.1, -0.05) is 33.3 Å². The van der Waals surface area contributed by atoms with Crippen molar-refractivity contribution in [1.82, 2.24) is 4.90 Å². The molecule has 0 N–H and O–H groups in total. The summed E-state index contributed by atoms with van der Waals surface area (Å²) in [7, 11) is 2.15. The Morgan fingerprint density at radius 1 is 1.11 bits per heavy atom. The minimum Gasteiger partial charge on any atom is -0.494 e. The normalized spacial score (nSPS) is 11.0. The van der Waals surface area contributed by atoms with Gasteiger partial charge in [-0.15, -0.1) is 0 Å². The molecule has 0 aliphatic heterocycles. The molecule has 1 aromatic carbocycles. The molecule has 0 spiro atoms. The first kappa shape index (κ1) is 16.0. The minimum atomic E-state index is 0.807. The molecule has 1 aromatic rings. The Bertz CT molecular complexity index is 362. The van der Waals surface area contributed by atoms with Crippen molar-refractivity contribution in [2.45, 2.75) is 46.5 Å². The standard InChI is InChI=1S/C17H29NO/c1-5-9-16-14-17(11-10-15(16)6-2)19-13-8-12-18(4)7-3/h10-11,14H,5-9,12-13H2,1-4H3. The topological polar surface area (TPSA) is 12.5 Å². The third kappa shape index (κ3) is 5.65. The van der Waals surface area contributed by atoms with Gasteiger partial charge < -0.3 is 9.64 Å². The maximum Gasteiger partial charge on any atom is 0.119 e. The van der Waals surface area contributed by atoms with Crippen LogP contribution in [0.4, 0.5) is 0 Å². The maximum atomic E-state index is 5.86. The lowest BCUT2D eigenvalue weighted by atomic mass is 10.0. The zero-order valence-electron chi connectivity index (χ0n) is 13.0. The van der Waals surface area contributed by atoms with Crippen molar-refractivity contribution in [3.05, 3.63) is 29.3 Å². The zero-order valence-corrected chi connectivity index (χ0v) is 13.0. The lowest BCUT2D eigenvalue weighted by molar-refractivity contribution is 0.268. The van der Waals surface area contributed by atoms with E-state index < -0.39 is 0 Å². The molecule has 0 aliphatic rings. The van der Waals surface area contributed by atoms with Crippen LogP contribution in [-0.2, 0) is 12.8 Å². The van der Waals surface area contributed by atoms with Crippen LogP contribution < -0.4 is 4.74 Å². The van der Waals surface area contributed by atoms with Crippen LogP contribution in [0, 0.1) is 0 Å². The molecular formula is C17H29NO. The number of hydrogen-bond acceptors (Lipinski definition) is 2. The smallest absolute Gasteiger partial charge is 0.119 e. The number of rotatable bonds is 9. The molecule has 0 saturated heterocycles. The van der Waals surface area contributed by atoms with Gasteiger partial charge >= 0.3 is 0 Å². The largest absolute Gasteiger partial charge is 0.494 e. The fourth-order valence-corrected chi connectivity index (χ4v) is 2.22. The summed E-state index contributed by atoms with van der Waals surface area (Å²) in [5.74, 6) is 1.03. The van der Waals surface area contributed by atoms with E-state index >= 15 is 0 Å². The van der Waals surface area contributed by atoms with Crippen LogP contribution in [0.1, 0.15) is 44.7 Å². The van der Waals surface area contributed by atoms with E-state index in [9.17, 15) is 0 Å². The molecule has 0 heterocycles. The highest BCUT2D eigenvalue weighted by atomic mass is 16.5. The summed E-state index contributed by atoms with van der Waals surface area (Å²) in [6.45, 7) is 9.64. The van der Waals surface area contributed by atoms with Gasteiger partial charge in [-0.05, 0) is 56.1 Å². The van der Waals surface area contributed by atoms with Gasteiger partial charge in [-0.25, -0.2) is 0 Å². The zero-order chi connectivity index (χ0) is 14.1. The van der Waals surface area contributed by atoms with Gasteiger partial charge in [0.25, 0.3) is 0 Å². The summed E-state index contributed by atoms with van der Waals surface area (Å²) in [5, 5.41) is 0. The molecule has 108 valence electrons. The van der Waals surface area contributed by atoms with Crippen LogP contribution in [-0.4, -0.2) is 31.6 Å². The maximum absolute atomic E-state index is 5.86. The van der Waals surface area contributed by atoms with Crippen molar-refractivity contribution < 1.29 is 4.74 Å². The fourth-order valence-electron chi connectivity index (χ4n) is 2.22. The monoisotopic (exact) mass is 263 g/mol. The molecule has 0 aliphatic carbocycles. The average molecular weight is 263 g/mol. The predicted molar refractivity (Wildman–Crippen MR) is 83.1 cm³/mol. The Morgan fingerprint density at radius 2 is 1.89 bits per heavy atom. The quantitative estimate of drug-likeness (QED) is 0.626. The number of hydrogen-bond donors (Lipinski definition) is 0. The third-order valence-corrected chi connectivity index (χ3v) is 3.57. The second-order valence-corrected chi connectivity index (χ2v) is 5.13. The molecular weight excluding hydrogens is 234 g/mol. The second kappa shape index (κ2) is 8.98. The molecule has 2 nitrogen and oxygen atoms in total. The lowest BCUT2D eigenvalue weighted by Crippen LogP contribution is -2.20. The molecule has 0 fully saturated rings. The Morgan fingerprint density at radius 3 is 2.53 bits per heavy atom. The van der Waals surface area contributed by atoms with E-state index in [1.807, 2.05) is 0 Å². The number of benzene rings is 1. The molecule has 0 saturated carbocycles. The van der Waals surface area contributed by atoms with E-state index in [1.54, 1.807) is 0 Å². The molecule has 2 heteroatoms. The van der Waals surface area contributed by atoms with Gasteiger partial charge in [0.2, 0.25) is 0 Å². The Kier molecular flexibility index (Phi) is 7.57. The first-order valence-electron chi connectivity index (χ1n) is 7.64. The molecule has 0 aromatic heterocycles. The van der Waals surface area contributed by atoms with Crippen LogP contribution in [0.2, 0.25) is 0 Å². The van der Waals surface area contributed by atoms with E-state index in [-0.39, 0.29) is 0 Å². The van der Waals surface area contributed by atoms with Crippen LogP contribution in [0.3, 0.4) is 0 Å². The van der Waals surface area contributed by atoms with Crippen LogP contribution in [0.5, 0.6) is 5.75 Å². The molecule has 0 unspecified atom stereocenters. The Labute approximate surface area is 118 Å². The first-order chi connectivity index (χ1) is 9.21. The van der Waals surface area contributed by atoms with Crippen LogP contribution in [0.15, 0.2) is 18.2 Å². The van der Waals surface area contributed by atoms with Crippen molar-refractivity contribution >= 4 is 0 Å². The van der Waals surface area contributed by atoms with Gasteiger partial charge in [0.05, 0.1) is 6.61 Å². The van der Waals surface area contributed by atoms with Crippen molar-refractivity contribution in [3.63, 3.8) is 0 Å². The van der Waals surface area contributed by atoms with Crippen LogP contribution >= 0.6 is 0 Å². The highest BCUT2D eigenvalue weighted by Gasteiger charge is 2.03. The minimum absolute atomic E-state index is 0.807. The van der Waals surface area contributed by atoms with Crippen molar-refractivity contribution in [2.24, 2.45) is 0 Å². The molecule has 1 rings (SSSR count). The highest BCUT2D eigenvalue weighted by molar-refractivity contribution is 5.35. The van der Waals surface area contributed by atoms with Crippen molar-refractivity contribution in [1.29, 1.82) is 0 Å². The third-order valence-electron chi connectivity index (χ3n) is 3.57. The van der Waals surface area contributed by atoms with E-state index in [2.05, 4.69) is 50.9 Å². The van der Waals surface area contributed by atoms with Crippen LogP contribution in [0.25, 0.3) is 0 Å². The Hall–Kier alpha value is -1.02. The molecule has 0 bridgehead atoms. The SMILES string of the molecule is CCCc1cc(OCCCN(C)CC)ccc1CC. The van der Waals surface area contributed by atoms with Crippen molar-refractivity contribution in [2.75, 3.05) is 26.7 Å². The fraction of sp³-hybridized carbons (Fsp3) is 0.647. The summed E-state index contributed by atoms with van der Waals surface area (Å²) >= 11 is 0. The molecule has 0 radical (unpaired) electrons. The van der Waals surface area contributed by atoms with Gasteiger partial charge in [0, 0.05) is 6.54 Å². The van der Waals surface area contributed by atoms with Gasteiger partial charge in [0.15, 0.2) is 0 Å². The first-order valence-corrected chi connectivity index (χ1v) is 7.64. The van der Waals surface area contributed by atoms with E-state index in [4.69, 9.17) is 4.74 Å². The Balaban J connectivity index is 2.47. The lowest BCUT2D eigenvalue weighted by Gasteiger charge is -2.14. The van der Waals surface area contributed by atoms with E-state index in [0.717, 1.165) is 44.7 Å². The molecule has 0 amide bonds. The summed E-state index contributed by atoms with van der Waals surface area (Å²) in [4.78, 5) is 2.31. The second-order valence-electron chi connectivity index (χ2n) is 5.13. The van der Waals surface area contributed by atoms with Gasteiger partial charge in [0.1, 0.15) is 5.75 Å². The number of aryl methyl sites for hydroxylation is 2. The number of nitrogens with zero attached hydrogens (tertiary/aromatic N) is 1. The highest BCUT2D eigenvalue weighted by Crippen LogP contribution is 2.20. The number of ether oxygens (including phenoxy) is 1. The molecule has 0 atom stereocenters. The van der Waals surface area contributed by atoms with Gasteiger partial charge in [-0.3, -0.25) is 0 Å². The van der Waals surface area contributed by atoms with E-state index in [0.29, 0.717) is 0 Å². The predicted octanol–water partition coefficient (Wildman–Crippen LogP) is 3.92. The van der Waals surface area contributed by atoms with Gasteiger partial charge in [-0.2, -0.15) is 0 Å². The summed E-state index contributed by atoms with van der Waals surface area (Å²) < 4.78 is 5.86. The van der Waals surface area contributed by atoms with Crippen molar-refractivity contribution in [3.8, 4) is 5.75 Å². The summed E-state index contributed by atoms with van der Waals surface area (Å²) in [5.41, 5.74) is 2.91. The summed E-state index contributed by atoms with van der Waals surface area (Å²) in [6.07, 6.45) is 4.54. The molecule has 19 heavy (non-hydrogen) atoms. The van der Waals surface area contributed by atoms with E-state index in [1.165, 1.54) is 17.5 Å². The summed E-state index contributed by atoms with van der Waals surface area (Å²) in [6, 6.07) is 6.56. The average Bonchev–Trinajstić information content (AvgIpc) is 2.44.